The average molecular weight is 234 g/mol. The largest absolute Gasteiger partial charge is 0.370 e. The van der Waals surface area contributed by atoms with Gasteiger partial charge in [0, 0.05) is 12.3 Å². The average Bonchev–Trinajstić information content (AvgIpc) is 2.26. The number of hydrogen-bond donors (Lipinski definition) is 2. The third kappa shape index (κ3) is 3.06. The topological polar surface area (TPSA) is 86.2 Å². The van der Waals surface area contributed by atoms with Crippen molar-refractivity contribution in [2.45, 2.75) is 26.2 Å². The Morgan fingerprint density at radius 1 is 1.18 bits per heavy atom. The van der Waals surface area contributed by atoms with E-state index in [9.17, 15) is 9.59 Å². The summed E-state index contributed by atoms with van der Waals surface area (Å²) >= 11 is 0. The van der Waals surface area contributed by atoms with Gasteiger partial charge in [0.15, 0.2) is 0 Å². The van der Waals surface area contributed by atoms with Crippen molar-refractivity contribution in [1.29, 1.82) is 0 Å². The molecule has 4 N–H and O–H groups in total. The highest BCUT2D eigenvalue weighted by molar-refractivity contribution is 5.83. The predicted molar refractivity (Wildman–Crippen MR) is 66.0 cm³/mol. The van der Waals surface area contributed by atoms with Crippen LogP contribution in [0.1, 0.15) is 31.7 Å². The molecule has 2 amide bonds. The summed E-state index contributed by atoms with van der Waals surface area (Å²) in [6, 6.07) is 9.35. The molecule has 4 heteroatoms. The lowest BCUT2D eigenvalue weighted by Crippen LogP contribution is -2.38. The summed E-state index contributed by atoms with van der Waals surface area (Å²) in [5.41, 5.74) is 10.7. The Morgan fingerprint density at radius 3 is 2.12 bits per heavy atom. The van der Waals surface area contributed by atoms with E-state index in [0.717, 1.165) is 5.56 Å². The van der Waals surface area contributed by atoms with Crippen LogP contribution in [0.3, 0.4) is 0 Å². The fraction of sp³-hybridized carbons (Fsp3) is 0.385. The Bertz CT molecular complexity index is 413. The summed E-state index contributed by atoms with van der Waals surface area (Å²) in [5, 5.41) is 0. The summed E-state index contributed by atoms with van der Waals surface area (Å²) in [4.78, 5) is 22.6. The van der Waals surface area contributed by atoms with Gasteiger partial charge >= 0.3 is 0 Å². The monoisotopic (exact) mass is 234 g/mol. The summed E-state index contributed by atoms with van der Waals surface area (Å²) in [7, 11) is 0. The molecular weight excluding hydrogens is 216 g/mol. The number of carbonyl (C=O) groups is 2. The lowest BCUT2D eigenvalue weighted by Gasteiger charge is -2.31. The second-order valence-corrected chi connectivity index (χ2v) is 4.72. The number of rotatable bonds is 5. The quantitative estimate of drug-likeness (QED) is 0.800. The van der Waals surface area contributed by atoms with Gasteiger partial charge in [-0.2, -0.15) is 0 Å². The van der Waals surface area contributed by atoms with Gasteiger partial charge in [-0.05, 0) is 5.56 Å². The van der Waals surface area contributed by atoms with Crippen molar-refractivity contribution in [2.75, 3.05) is 0 Å². The molecule has 0 saturated heterocycles. The lowest BCUT2D eigenvalue weighted by molar-refractivity contribution is -0.128. The molecule has 0 fully saturated rings. The van der Waals surface area contributed by atoms with Gasteiger partial charge in [0.2, 0.25) is 11.8 Å². The number of hydrogen-bond acceptors (Lipinski definition) is 2. The second kappa shape index (κ2) is 4.99. The summed E-state index contributed by atoms with van der Waals surface area (Å²) in [5.74, 6) is -1.17. The first kappa shape index (κ1) is 13.2. The zero-order chi connectivity index (χ0) is 13.1. The maximum Gasteiger partial charge on any atom is 0.223 e. The second-order valence-electron chi connectivity index (χ2n) is 4.72. The lowest BCUT2D eigenvalue weighted by atomic mass is 9.72. The molecule has 0 radical (unpaired) electrons. The minimum atomic E-state index is -0.809. The molecule has 0 heterocycles. The standard InChI is InChI=1S/C13H18N2O2/c1-13(2,12(15)17)10(8-11(14)16)9-6-4-3-5-7-9/h3-7,10H,8H2,1-2H3,(H2,14,16)(H2,15,17). The maximum atomic E-state index is 11.5. The van der Waals surface area contributed by atoms with Crippen LogP contribution in [0.25, 0.3) is 0 Å². The highest BCUT2D eigenvalue weighted by Gasteiger charge is 2.36. The zero-order valence-electron chi connectivity index (χ0n) is 10.1. The maximum absolute atomic E-state index is 11.5. The van der Waals surface area contributed by atoms with Crippen molar-refractivity contribution in [1.82, 2.24) is 0 Å². The summed E-state index contributed by atoms with van der Waals surface area (Å²) in [6.07, 6.45) is 0.111. The van der Waals surface area contributed by atoms with Crippen molar-refractivity contribution in [3.8, 4) is 0 Å². The van der Waals surface area contributed by atoms with Crippen molar-refractivity contribution in [2.24, 2.45) is 16.9 Å². The van der Waals surface area contributed by atoms with Gasteiger partial charge in [-0.3, -0.25) is 9.59 Å². The number of benzene rings is 1. The molecule has 0 saturated carbocycles. The predicted octanol–water partition coefficient (Wildman–Crippen LogP) is 1.16. The fourth-order valence-corrected chi connectivity index (χ4v) is 1.85. The molecule has 1 unspecified atom stereocenters. The van der Waals surface area contributed by atoms with Crippen LogP contribution in [0, 0.1) is 5.41 Å². The van der Waals surface area contributed by atoms with Crippen LogP contribution >= 0.6 is 0 Å². The smallest absolute Gasteiger partial charge is 0.223 e. The molecule has 92 valence electrons. The van der Waals surface area contributed by atoms with E-state index in [-0.39, 0.29) is 12.3 Å². The summed E-state index contributed by atoms with van der Waals surface area (Å²) < 4.78 is 0. The van der Waals surface area contributed by atoms with E-state index in [0.29, 0.717) is 0 Å². The van der Waals surface area contributed by atoms with Gasteiger partial charge in [-0.1, -0.05) is 44.2 Å². The molecule has 1 aromatic rings. The van der Waals surface area contributed by atoms with Crippen LogP contribution in [0.4, 0.5) is 0 Å². The van der Waals surface area contributed by atoms with E-state index in [1.807, 2.05) is 30.3 Å². The first-order chi connectivity index (χ1) is 7.85. The molecule has 0 bridgehead atoms. The van der Waals surface area contributed by atoms with Crippen molar-refractivity contribution in [3.05, 3.63) is 35.9 Å². The van der Waals surface area contributed by atoms with Crippen LogP contribution in [0.5, 0.6) is 0 Å². The van der Waals surface area contributed by atoms with Gasteiger partial charge in [0.05, 0.1) is 5.41 Å². The van der Waals surface area contributed by atoms with E-state index >= 15 is 0 Å². The molecule has 4 nitrogen and oxygen atoms in total. The summed E-state index contributed by atoms with van der Waals surface area (Å²) in [6.45, 7) is 3.46. The molecule has 0 aliphatic rings. The van der Waals surface area contributed by atoms with Crippen LogP contribution < -0.4 is 11.5 Å². The molecule has 1 rings (SSSR count). The Morgan fingerprint density at radius 2 is 1.71 bits per heavy atom. The first-order valence-electron chi connectivity index (χ1n) is 5.49. The Labute approximate surface area is 101 Å². The fourth-order valence-electron chi connectivity index (χ4n) is 1.85. The minimum absolute atomic E-state index is 0.111. The normalized spacial score (nSPS) is 13.1. The SMILES string of the molecule is CC(C)(C(N)=O)C(CC(N)=O)c1ccccc1. The third-order valence-electron chi connectivity index (χ3n) is 3.11. The van der Waals surface area contributed by atoms with E-state index in [4.69, 9.17) is 11.5 Å². The van der Waals surface area contributed by atoms with Gasteiger partial charge in [-0.15, -0.1) is 0 Å². The van der Waals surface area contributed by atoms with Crippen LogP contribution in [-0.2, 0) is 9.59 Å². The molecule has 0 aromatic heterocycles. The molecule has 17 heavy (non-hydrogen) atoms. The van der Waals surface area contributed by atoms with E-state index in [1.165, 1.54) is 0 Å². The van der Waals surface area contributed by atoms with Crippen molar-refractivity contribution < 1.29 is 9.59 Å². The third-order valence-corrected chi connectivity index (χ3v) is 3.11. The Kier molecular flexibility index (Phi) is 3.89. The molecular formula is C13H18N2O2. The molecule has 1 aromatic carbocycles. The number of carbonyl (C=O) groups excluding carboxylic acids is 2. The van der Waals surface area contributed by atoms with Crippen molar-refractivity contribution in [3.63, 3.8) is 0 Å². The number of primary amides is 2. The van der Waals surface area contributed by atoms with Crippen LogP contribution in [0.15, 0.2) is 30.3 Å². The van der Waals surface area contributed by atoms with Gasteiger partial charge < -0.3 is 11.5 Å². The van der Waals surface area contributed by atoms with E-state index in [1.54, 1.807) is 13.8 Å². The van der Waals surface area contributed by atoms with Crippen LogP contribution in [-0.4, -0.2) is 11.8 Å². The molecule has 1 atom stereocenters. The number of nitrogens with two attached hydrogens (primary N) is 2. The van der Waals surface area contributed by atoms with Gasteiger partial charge in [-0.25, -0.2) is 0 Å². The van der Waals surface area contributed by atoms with E-state index in [2.05, 4.69) is 0 Å². The Balaban J connectivity index is 3.13. The van der Waals surface area contributed by atoms with Crippen molar-refractivity contribution >= 4 is 11.8 Å². The Hall–Kier alpha value is -1.84. The zero-order valence-corrected chi connectivity index (χ0v) is 10.1. The van der Waals surface area contributed by atoms with Gasteiger partial charge in [0.1, 0.15) is 0 Å². The van der Waals surface area contributed by atoms with Gasteiger partial charge in [0.25, 0.3) is 0 Å². The van der Waals surface area contributed by atoms with Crippen LogP contribution in [0.2, 0.25) is 0 Å². The highest BCUT2D eigenvalue weighted by atomic mass is 16.1. The minimum Gasteiger partial charge on any atom is -0.370 e. The molecule has 0 aliphatic heterocycles. The number of amides is 2. The van der Waals surface area contributed by atoms with E-state index < -0.39 is 17.2 Å². The highest BCUT2D eigenvalue weighted by Crippen LogP contribution is 2.37. The molecule has 0 aliphatic carbocycles. The first-order valence-corrected chi connectivity index (χ1v) is 5.49. The molecule has 0 spiro atoms.